The number of aryl methyl sites for hydroxylation is 2. The maximum atomic E-state index is 13.9. The van der Waals surface area contributed by atoms with E-state index in [2.05, 4.69) is 30.4 Å². The number of allylic oxidation sites excluding steroid dienone is 1. The lowest BCUT2D eigenvalue weighted by Gasteiger charge is -2.12. The molecular weight excluding hydrogens is 436 g/mol. The van der Waals surface area contributed by atoms with E-state index in [4.69, 9.17) is 9.15 Å². The van der Waals surface area contributed by atoms with Gasteiger partial charge in [-0.3, -0.25) is 4.79 Å². The molecule has 0 saturated heterocycles. The van der Waals surface area contributed by atoms with Gasteiger partial charge in [0, 0.05) is 34.7 Å². The third kappa shape index (κ3) is 4.71. The van der Waals surface area contributed by atoms with Crippen LogP contribution in [0.4, 0.5) is 14.5 Å². The van der Waals surface area contributed by atoms with Gasteiger partial charge in [-0.25, -0.2) is 8.78 Å². The summed E-state index contributed by atoms with van der Waals surface area (Å²) in [5.41, 5.74) is 6.24. The first kappa shape index (κ1) is 23.2. The smallest absolute Gasteiger partial charge is 0.248 e. The SMILES string of the molecule is CCOc1cc2occ(-c3ccc(C)cc3C)c2cc1/C(C)=C/C(=O)Nc1ccc(F)cc1F. The molecule has 0 unspecified atom stereocenters. The number of amides is 1. The van der Waals surface area contributed by atoms with Crippen LogP contribution in [0.1, 0.15) is 30.5 Å². The van der Waals surface area contributed by atoms with Crippen LogP contribution in [0.3, 0.4) is 0 Å². The van der Waals surface area contributed by atoms with Crippen molar-refractivity contribution in [2.75, 3.05) is 11.9 Å². The zero-order valence-corrected chi connectivity index (χ0v) is 19.5. The summed E-state index contributed by atoms with van der Waals surface area (Å²) in [7, 11) is 0. The number of ether oxygens (including phenoxy) is 1. The van der Waals surface area contributed by atoms with Crippen LogP contribution in [0, 0.1) is 25.5 Å². The van der Waals surface area contributed by atoms with E-state index in [9.17, 15) is 13.6 Å². The van der Waals surface area contributed by atoms with Gasteiger partial charge in [0.1, 0.15) is 23.0 Å². The molecule has 0 aliphatic carbocycles. The number of anilines is 1. The number of hydrogen-bond donors (Lipinski definition) is 1. The van der Waals surface area contributed by atoms with Crippen LogP contribution in [0.2, 0.25) is 0 Å². The van der Waals surface area contributed by atoms with E-state index in [0.29, 0.717) is 23.5 Å². The van der Waals surface area contributed by atoms with Gasteiger partial charge in [0.2, 0.25) is 5.91 Å². The summed E-state index contributed by atoms with van der Waals surface area (Å²) < 4.78 is 38.7. The number of fused-ring (bicyclic) bond motifs is 1. The lowest BCUT2D eigenvalue weighted by Crippen LogP contribution is -2.10. The topological polar surface area (TPSA) is 51.5 Å². The summed E-state index contributed by atoms with van der Waals surface area (Å²) in [6.45, 7) is 8.19. The molecule has 0 atom stereocenters. The average Bonchev–Trinajstić information content (AvgIpc) is 3.18. The molecule has 34 heavy (non-hydrogen) atoms. The van der Waals surface area contributed by atoms with E-state index >= 15 is 0 Å². The Morgan fingerprint density at radius 2 is 1.85 bits per heavy atom. The molecule has 0 bridgehead atoms. The number of carbonyl (C=O) groups is 1. The quantitative estimate of drug-likeness (QED) is 0.304. The average molecular weight is 462 g/mol. The first-order chi connectivity index (χ1) is 16.3. The van der Waals surface area contributed by atoms with E-state index in [-0.39, 0.29) is 5.69 Å². The Morgan fingerprint density at radius 1 is 1.06 bits per heavy atom. The van der Waals surface area contributed by atoms with Crippen LogP contribution < -0.4 is 10.1 Å². The Kier molecular flexibility index (Phi) is 6.50. The molecule has 174 valence electrons. The molecular formula is C28H25F2NO3. The fourth-order valence-corrected chi connectivity index (χ4v) is 4.00. The molecule has 1 N–H and O–H groups in total. The van der Waals surface area contributed by atoms with Crippen molar-refractivity contribution in [2.45, 2.75) is 27.7 Å². The summed E-state index contributed by atoms with van der Waals surface area (Å²) in [5.74, 6) is -1.51. The molecule has 0 spiro atoms. The summed E-state index contributed by atoms with van der Waals surface area (Å²) >= 11 is 0. The minimum atomic E-state index is -0.840. The van der Waals surface area contributed by atoms with Crippen molar-refractivity contribution < 1.29 is 22.7 Å². The van der Waals surface area contributed by atoms with Crippen molar-refractivity contribution in [3.05, 3.63) is 89.2 Å². The van der Waals surface area contributed by atoms with Gasteiger partial charge in [-0.2, -0.15) is 0 Å². The molecule has 6 heteroatoms. The molecule has 0 fully saturated rings. The van der Waals surface area contributed by atoms with Crippen LogP contribution in [0.15, 0.2) is 65.3 Å². The van der Waals surface area contributed by atoms with Gasteiger partial charge in [-0.1, -0.05) is 23.8 Å². The summed E-state index contributed by atoms with van der Waals surface area (Å²) in [5, 5.41) is 3.35. The van der Waals surface area contributed by atoms with Crippen LogP contribution >= 0.6 is 0 Å². The Balaban J connectivity index is 1.74. The second kappa shape index (κ2) is 9.51. The lowest BCUT2D eigenvalue weighted by molar-refractivity contribution is -0.111. The lowest BCUT2D eigenvalue weighted by atomic mass is 9.96. The monoisotopic (exact) mass is 461 g/mol. The summed E-state index contributed by atoms with van der Waals surface area (Å²) in [6.07, 6.45) is 3.09. The molecule has 4 nitrogen and oxygen atoms in total. The number of hydrogen-bond acceptors (Lipinski definition) is 3. The van der Waals surface area contributed by atoms with E-state index in [1.807, 2.05) is 26.0 Å². The Morgan fingerprint density at radius 3 is 2.56 bits per heavy atom. The molecule has 1 heterocycles. The summed E-state index contributed by atoms with van der Waals surface area (Å²) in [6, 6.07) is 13.0. The van der Waals surface area contributed by atoms with Gasteiger partial charge < -0.3 is 14.5 Å². The Labute approximate surface area is 196 Å². The highest BCUT2D eigenvalue weighted by molar-refractivity contribution is 6.05. The highest BCUT2D eigenvalue weighted by Gasteiger charge is 2.16. The van der Waals surface area contributed by atoms with E-state index in [1.165, 1.54) is 17.7 Å². The molecule has 0 aliphatic rings. The highest BCUT2D eigenvalue weighted by atomic mass is 19.1. The molecule has 0 saturated carbocycles. The minimum Gasteiger partial charge on any atom is -0.493 e. The molecule has 3 aromatic carbocycles. The van der Waals surface area contributed by atoms with Crippen molar-refractivity contribution in [3.63, 3.8) is 0 Å². The molecule has 1 amide bonds. The fourth-order valence-electron chi connectivity index (χ4n) is 4.00. The zero-order chi connectivity index (χ0) is 24.4. The van der Waals surface area contributed by atoms with Gasteiger partial charge in [0.25, 0.3) is 0 Å². The van der Waals surface area contributed by atoms with E-state index in [0.717, 1.165) is 39.8 Å². The predicted molar refractivity (Wildman–Crippen MR) is 131 cm³/mol. The second-order valence-electron chi connectivity index (χ2n) is 8.19. The number of rotatable bonds is 6. The normalized spacial score (nSPS) is 11.6. The Hall–Kier alpha value is -3.93. The van der Waals surface area contributed by atoms with Crippen LogP contribution in [0.5, 0.6) is 5.75 Å². The van der Waals surface area contributed by atoms with Gasteiger partial charge in [-0.05, 0) is 62.6 Å². The Bertz CT molecular complexity index is 1420. The number of halogens is 2. The van der Waals surface area contributed by atoms with Crippen molar-refractivity contribution in [3.8, 4) is 16.9 Å². The zero-order valence-electron chi connectivity index (χ0n) is 19.5. The molecule has 0 radical (unpaired) electrons. The van der Waals surface area contributed by atoms with Crippen molar-refractivity contribution in [1.82, 2.24) is 0 Å². The van der Waals surface area contributed by atoms with Gasteiger partial charge >= 0.3 is 0 Å². The van der Waals surface area contributed by atoms with Gasteiger partial charge in [0.15, 0.2) is 0 Å². The summed E-state index contributed by atoms with van der Waals surface area (Å²) in [4.78, 5) is 12.6. The van der Waals surface area contributed by atoms with Crippen molar-refractivity contribution >= 4 is 28.1 Å². The largest absolute Gasteiger partial charge is 0.493 e. The van der Waals surface area contributed by atoms with E-state index in [1.54, 1.807) is 13.2 Å². The molecule has 4 aromatic rings. The molecule has 0 aliphatic heterocycles. The van der Waals surface area contributed by atoms with E-state index < -0.39 is 17.5 Å². The van der Waals surface area contributed by atoms with Crippen LogP contribution in [-0.2, 0) is 4.79 Å². The standard InChI is InChI=1S/C28H25F2NO3/c1-5-33-26-14-27-22(23(15-34-27)20-8-6-16(2)10-17(20)3)13-21(26)18(4)11-28(32)31-25-9-7-19(29)12-24(25)30/h6-15H,5H2,1-4H3,(H,31,32)/b18-11+. The molecule has 1 aromatic heterocycles. The highest BCUT2D eigenvalue weighted by Crippen LogP contribution is 2.38. The van der Waals surface area contributed by atoms with Crippen molar-refractivity contribution in [2.24, 2.45) is 0 Å². The van der Waals surface area contributed by atoms with Crippen LogP contribution in [-0.4, -0.2) is 12.5 Å². The number of benzene rings is 3. The van der Waals surface area contributed by atoms with Crippen LogP contribution in [0.25, 0.3) is 27.7 Å². The van der Waals surface area contributed by atoms with Gasteiger partial charge in [0.05, 0.1) is 18.6 Å². The minimum absolute atomic E-state index is 0.0945. The van der Waals surface area contributed by atoms with Gasteiger partial charge in [-0.15, -0.1) is 0 Å². The first-order valence-corrected chi connectivity index (χ1v) is 11.0. The maximum Gasteiger partial charge on any atom is 0.248 e. The first-order valence-electron chi connectivity index (χ1n) is 11.0. The predicted octanol–water partition coefficient (Wildman–Crippen LogP) is 7.44. The number of carbonyl (C=O) groups excluding carboxylic acids is 1. The molecule has 4 rings (SSSR count). The fraction of sp³-hybridized carbons (Fsp3) is 0.179. The van der Waals surface area contributed by atoms with Crippen molar-refractivity contribution in [1.29, 1.82) is 0 Å². The maximum absolute atomic E-state index is 13.9. The third-order valence-electron chi connectivity index (χ3n) is 5.61. The third-order valence-corrected chi connectivity index (χ3v) is 5.61. The number of furan rings is 1. The number of nitrogens with one attached hydrogen (secondary N) is 1. The second-order valence-corrected chi connectivity index (χ2v) is 8.19.